The van der Waals surface area contributed by atoms with Crippen LogP contribution in [-0.4, -0.2) is 34.6 Å². The Morgan fingerprint density at radius 2 is 2.08 bits per heavy atom. The number of guanidine groups is 1. The lowest BCUT2D eigenvalue weighted by Crippen LogP contribution is -2.38. The van der Waals surface area contributed by atoms with Crippen molar-refractivity contribution in [3.05, 3.63) is 58.2 Å². The highest BCUT2D eigenvalue weighted by Crippen LogP contribution is 2.20. The molecule has 0 saturated carbocycles. The molecule has 6 nitrogen and oxygen atoms in total. The highest BCUT2D eigenvalue weighted by Gasteiger charge is 2.10. The number of nitrogens with zero attached hydrogens (tertiary/aromatic N) is 4. The van der Waals surface area contributed by atoms with Crippen LogP contribution in [0.25, 0.3) is 11.3 Å². The van der Waals surface area contributed by atoms with Crippen LogP contribution in [0, 0.1) is 6.92 Å². The molecule has 7 heteroatoms. The third kappa shape index (κ3) is 4.70. The second kappa shape index (κ2) is 8.62. The van der Waals surface area contributed by atoms with Crippen molar-refractivity contribution in [1.29, 1.82) is 0 Å². The lowest BCUT2D eigenvalue weighted by atomic mass is 10.2. The van der Waals surface area contributed by atoms with Crippen LogP contribution in [0.3, 0.4) is 0 Å². The zero-order valence-electron chi connectivity index (χ0n) is 15.3. The summed E-state index contributed by atoms with van der Waals surface area (Å²) in [7, 11) is 2.01. The molecule has 0 bridgehead atoms. The minimum absolute atomic E-state index is 0.457. The van der Waals surface area contributed by atoms with E-state index in [2.05, 4.69) is 37.7 Å². The zero-order chi connectivity index (χ0) is 18.4. The van der Waals surface area contributed by atoms with Crippen LogP contribution in [0.4, 0.5) is 0 Å². The number of nitrogens with one attached hydrogen (secondary N) is 1. The fourth-order valence-electron chi connectivity index (χ4n) is 2.55. The van der Waals surface area contributed by atoms with Crippen molar-refractivity contribution in [3.63, 3.8) is 0 Å². The van der Waals surface area contributed by atoms with Crippen molar-refractivity contribution in [2.45, 2.75) is 26.9 Å². The molecule has 3 aromatic rings. The topological polar surface area (TPSA) is 66.6 Å². The maximum atomic E-state index is 5.44. The van der Waals surface area contributed by atoms with E-state index < -0.39 is 0 Å². The van der Waals surface area contributed by atoms with Crippen LogP contribution in [0.1, 0.15) is 23.3 Å². The molecule has 0 spiro atoms. The largest absolute Gasteiger partial charge is 0.357 e. The molecule has 0 amide bonds. The second-order valence-corrected chi connectivity index (χ2v) is 6.99. The molecule has 3 rings (SSSR count). The van der Waals surface area contributed by atoms with Gasteiger partial charge >= 0.3 is 0 Å². The van der Waals surface area contributed by atoms with Gasteiger partial charge in [0.05, 0.1) is 23.8 Å². The van der Waals surface area contributed by atoms with E-state index in [-0.39, 0.29) is 0 Å². The summed E-state index contributed by atoms with van der Waals surface area (Å²) in [6.45, 7) is 6.04. The van der Waals surface area contributed by atoms with Crippen LogP contribution in [0.5, 0.6) is 0 Å². The van der Waals surface area contributed by atoms with Gasteiger partial charge in [-0.05, 0) is 13.8 Å². The molecule has 0 unspecified atom stereocenters. The minimum Gasteiger partial charge on any atom is -0.357 e. The summed E-state index contributed by atoms with van der Waals surface area (Å²) in [5, 5.41) is 10.6. The Morgan fingerprint density at radius 1 is 1.27 bits per heavy atom. The highest BCUT2D eigenvalue weighted by molar-refractivity contribution is 7.09. The molecule has 0 saturated heterocycles. The van der Waals surface area contributed by atoms with Gasteiger partial charge in [-0.15, -0.1) is 11.3 Å². The van der Waals surface area contributed by atoms with Crippen molar-refractivity contribution in [3.8, 4) is 11.3 Å². The van der Waals surface area contributed by atoms with Gasteiger partial charge in [0.2, 0.25) is 0 Å². The molecule has 1 aromatic carbocycles. The van der Waals surface area contributed by atoms with E-state index in [9.17, 15) is 0 Å². The Bertz CT molecular complexity index is 856. The third-order valence-corrected chi connectivity index (χ3v) is 4.59. The van der Waals surface area contributed by atoms with E-state index in [1.807, 2.05) is 50.4 Å². The van der Waals surface area contributed by atoms with Crippen LogP contribution in [0.15, 0.2) is 51.3 Å². The highest BCUT2D eigenvalue weighted by atomic mass is 32.1. The molecule has 0 aliphatic heterocycles. The van der Waals surface area contributed by atoms with Crippen LogP contribution in [-0.2, 0) is 13.1 Å². The van der Waals surface area contributed by atoms with Gasteiger partial charge < -0.3 is 14.7 Å². The average molecular weight is 369 g/mol. The predicted molar refractivity (Wildman–Crippen MR) is 105 cm³/mol. The monoisotopic (exact) mass is 369 g/mol. The molecule has 0 aliphatic carbocycles. The van der Waals surface area contributed by atoms with Crippen molar-refractivity contribution in [2.75, 3.05) is 13.6 Å². The first kappa shape index (κ1) is 18.1. The summed E-state index contributed by atoms with van der Waals surface area (Å²) in [5.74, 6) is 1.58. The molecule has 2 heterocycles. The SMILES string of the molecule is CCNC(=NCc1cc(-c2ccccc2)on1)N(C)Cc1csc(C)n1. The Labute approximate surface area is 157 Å². The molecular formula is C19H23N5OS. The maximum absolute atomic E-state index is 5.44. The zero-order valence-corrected chi connectivity index (χ0v) is 16.1. The molecule has 0 atom stereocenters. The second-order valence-electron chi connectivity index (χ2n) is 5.93. The summed E-state index contributed by atoms with van der Waals surface area (Å²) in [6, 6.07) is 11.9. The average Bonchev–Trinajstić information content (AvgIpc) is 3.28. The lowest BCUT2D eigenvalue weighted by Gasteiger charge is -2.20. The van der Waals surface area contributed by atoms with E-state index in [4.69, 9.17) is 4.52 Å². The van der Waals surface area contributed by atoms with Gasteiger partial charge in [-0.25, -0.2) is 9.98 Å². The third-order valence-electron chi connectivity index (χ3n) is 3.77. The van der Waals surface area contributed by atoms with E-state index in [0.717, 1.165) is 40.2 Å². The van der Waals surface area contributed by atoms with Gasteiger partial charge in [-0.1, -0.05) is 35.5 Å². The fraction of sp³-hybridized carbons (Fsp3) is 0.316. The number of aromatic nitrogens is 2. The summed E-state index contributed by atoms with van der Waals surface area (Å²) in [6.07, 6.45) is 0. The first-order valence-electron chi connectivity index (χ1n) is 8.57. The van der Waals surface area contributed by atoms with Gasteiger partial charge in [0, 0.05) is 30.6 Å². The van der Waals surface area contributed by atoms with Crippen molar-refractivity contribution in [2.24, 2.45) is 4.99 Å². The quantitative estimate of drug-likeness (QED) is 0.530. The number of benzene rings is 1. The summed E-state index contributed by atoms with van der Waals surface area (Å²) in [5.41, 5.74) is 2.86. The first-order chi connectivity index (χ1) is 12.7. The Kier molecular flexibility index (Phi) is 6.01. The summed E-state index contributed by atoms with van der Waals surface area (Å²) in [4.78, 5) is 11.3. The molecule has 136 valence electrons. The normalized spacial score (nSPS) is 11.6. The minimum atomic E-state index is 0.457. The Balaban J connectivity index is 1.68. The Hall–Kier alpha value is -2.67. The number of hydrogen-bond donors (Lipinski definition) is 1. The van der Waals surface area contributed by atoms with E-state index >= 15 is 0 Å². The number of aliphatic imine (C=N–C) groups is 1. The predicted octanol–water partition coefficient (Wildman–Crippen LogP) is 3.70. The maximum Gasteiger partial charge on any atom is 0.194 e. The molecule has 2 aromatic heterocycles. The number of thiazole rings is 1. The molecular weight excluding hydrogens is 346 g/mol. The molecule has 0 fully saturated rings. The summed E-state index contributed by atoms with van der Waals surface area (Å²) < 4.78 is 5.44. The number of aryl methyl sites for hydroxylation is 1. The van der Waals surface area contributed by atoms with Gasteiger partial charge in [-0.2, -0.15) is 0 Å². The van der Waals surface area contributed by atoms with E-state index in [0.29, 0.717) is 13.1 Å². The van der Waals surface area contributed by atoms with E-state index in [1.165, 1.54) is 0 Å². The Morgan fingerprint density at radius 3 is 2.77 bits per heavy atom. The van der Waals surface area contributed by atoms with Gasteiger partial charge in [0.15, 0.2) is 11.7 Å². The van der Waals surface area contributed by atoms with Gasteiger partial charge in [0.1, 0.15) is 5.69 Å². The van der Waals surface area contributed by atoms with Gasteiger partial charge in [-0.3, -0.25) is 0 Å². The molecule has 26 heavy (non-hydrogen) atoms. The molecule has 0 aliphatic rings. The summed E-state index contributed by atoms with van der Waals surface area (Å²) >= 11 is 1.66. The van der Waals surface area contributed by atoms with Crippen molar-refractivity contribution < 1.29 is 4.52 Å². The van der Waals surface area contributed by atoms with Gasteiger partial charge in [0.25, 0.3) is 0 Å². The van der Waals surface area contributed by atoms with Crippen molar-refractivity contribution in [1.82, 2.24) is 20.4 Å². The van der Waals surface area contributed by atoms with Crippen LogP contribution >= 0.6 is 11.3 Å². The smallest absolute Gasteiger partial charge is 0.194 e. The van der Waals surface area contributed by atoms with Crippen LogP contribution in [0.2, 0.25) is 0 Å². The van der Waals surface area contributed by atoms with Crippen LogP contribution < -0.4 is 5.32 Å². The first-order valence-corrected chi connectivity index (χ1v) is 9.45. The van der Waals surface area contributed by atoms with Crippen molar-refractivity contribution >= 4 is 17.3 Å². The molecule has 1 N–H and O–H groups in total. The fourth-order valence-corrected chi connectivity index (χ4v) is 3.15. The van der Waals surface area contributed by atoms with E-state index in [1.54, 1.807) is 11.3 Å². The molecule has 0 radical (unpaired) electrons. The standard InChI is InChI=1S/C19H23N5OS/c1-4-20-19(24(3)12-17-13-26-14(2)22-17)21-11-16-10-18(25-23-16)15-8-6-5-7-9-15/h5-10,13H,4,11-12H2,1-3H3,(H,20,21). The number of rotatable bonds is 6. The number of hydrogen-bond acceptors (Lipinski definition) is 5. The lowest BCUT2D eigenvalue weighted by molar-refractivity contribution is 0.423.